The first-order valence-electron chi connectivity index (χ1n) is 5.96. The van der Waals surface area contributed by atoms with Gasteiger partial charge in [-0.25, -0.2) is 8.78 Å². The molecule has 1 N–H and O–H groups in total. The van der Waals surface area contributed by atoms with Gasteiger partial charge in [-0.3, -0.25) is 0 Å². The Hall–Kier alpha value is -0.780. The highest BCUT2D eigenvalue weighted by Gasteiger charge is 2.13. The lowest BCUT2D eigenvalue weighted by Crippen LogP contribution is -2.28. The van der Waals surface area contributed by atoms with E-state index in [2.05, 4.69) is 27.3 Å². The van der Waals surface area contributed by atoms with Crippen molar-refractivity contribution in [2.24, 2.45) is 0 Å². The average molecular weight is 346 g/mol. The second kappa shape index (κ2) is 6.59. The summed E-state index contributed by atoms with van der Waals surface area (Å²) in [5.74, 6) is -1.05. The summed E-state index contributed by atoms with van der Waals surface area (Å²) < 4.78 is 27.6. The van der Waals surface area contributed by atoms with Gasteiger partial charge >= 0.3 is 0 Å². The summed E-state index contributed by atoms with van der Waals surface area (Å²) in [4.78, 5) is 1.26. The monoisotopic (exact) mass is 345 g/mol. The zero-order valence-electron chi connectivity index (χ0n) is 10.4. The van der Waals surface area contributed by atoms with E-state index in [1.807, 2.05) is 18.4 Å². The molecule has 0 amide bonds. The van der Waals surface area contributed by atoms with E-state index in [1.54, 1.807) is 11.3 Å². The molecule has 1 unspecified atom stereocenters. The smallest absolute Gasteiger partial charge is 0.144 e. The van der Waals surface area contributed by atoms with Crippen molar-refractivity contribution in [2.75, 3.05) is 0 Å². The average Bonchev–Trinajstić information content (AvgIpc) is 2.87. The molecule has 0 radical (unpaired) electrons. The van der Waals surface area contributed by atoms with Crippen LogP contribution in [-0.2, 0) is 13.0 Å². The molecule has 1 nitrogen and oxygen atoms in total. The molecule has 1 aromatic carbocycles. The van der Waals surface area contributed by atoms with E-state index in [-0.39, 0.29) is 22.6 Å². The first-order valence-corrected chi connectivity index (χ1v) is 7.63. The fourth-order valence-corrected chi connectivity index (χ4v) is 3.02. The van der Waals surface area contributed by atoms with Crippen LogP contribution < -0.4 is 5.32 Å². The number of nitrogens with one attached hydrogen (secondary N) is 1. The maximum absolute atomic E-state index is 13.8. The molecule has 19 heavy (non-hydrogen) atoms. The van der Waals surface area contributed by atoms with Crippen LogP contribution in [0.3, 0.4) is 0 Å². The van der Waals surface area contributed by atoms with Crippen molar-refractivity contribution in [2.45, 2.75) is 25.9 Å². The van der Waals surface area contributed by atoms with Crippen molar-refractivity contribution >= 4 is 27.3 Å². The third-order valence-corrected chi connectivity index (χ3v) is 4.36. The van der Waals surface area contributed by atoms with E-state index < -0.39 is 11.6 Å². The number of hydrogen-bond donors (Lipinski definition) is 1. The molecule has 0 saturated heterocycles. The molecule has 1 atom stereocenters. The van der Waals surface area contributed by atoms with E-state index in [9.17, 15) is 8.78 Å². The van der Waals surface area contributed by atoms with Crippen LogP contribution >= 0.6 is 27.3 Å². The molecule has 0 aliphatic rings. The van der Waals surface area contributed by atoms with Crippen LogP contribution in [0.1, 0.15) is 17.4 Å². The van der Waals surface area contributed by atoms with Crippen LogP contribution in [0.2, 0.25) is 0 Å². The number of thiophene rings is 1. The first kappa shape index (κ1) is 14.6. The molecule has 0 fully saturated rings. The predicted molar refractivity (Wildman–Crippen MR) is 78.4 cm³/mol. The Morgan fingerprint density at radius 2 is 2.11 bits per heavy atom. The Bertz CT molecular complexity index is 543. The Labute approximate surface area is 123 Å². The number of benzene rings is 1. The van der Waals surface area contributed by atoms with Gasteiger partial charge in [-0.1, -0.05) is 6.07 Å². The van der Waals surface area contributed by atoms with Crippen molar-refractivity contribution in [3.63, 3.8) is 0 Å². The molecular formula is C14H14BrF2NS. The first-order chi connectivity index (χ1) is 9.08. The van der Waals surface area contributed by atoms with Crippen molar-refractivity contribution in [1.82, 2.24) is 5.32 Å². The number of halogens is 3. The van der Waals surface area contributed by atoms with Gasteiger partial charge in [0.15, 0.2) is 0 Å². The van der Waals surface area contributed by atoms with Crippen LogP contribution in [-0.4, -0.2) is 6.04 Å². The molecule has 0 aliphatic carbocycles. The van der Waals surface area contributed by atoms with Gasteiger partial charge in [0.25, 0.3) is 0 Å². The SMILES string of the molecule is CC(Cc1cccs1)NCc1c(F)ccc(Br)c1F. The largest absolute Gasteiger partial charge is 0.310 e. The molecule has 5 heteroatoms. The van der Waals surface area contributed by atoms with Crippen LogP contribution in [0.25, 0.3) is 0 Å². The quantitative estimate of drug-likeness (QED) is 0.786. The van der Waals surface area contributed by atoms with Gasteiger partial charge < -0.3 is 5.32 Å². The highest BCUT2D eigenvalue weighted by molar-refractivity contribution is 9.10. The summed E-state index contributed by atoms with van der Waals surface area (Å²) in [5, 5.41) is 5.18. The van der Waals surface area contributed by atoms with Crippen molar-refractivity contribution < 1.29 is 8.78 Å². The standard InChI is InChI=1S/C14H14BrF2NS/c1-9(7-10-3-2-6-19-10)18-8-11-13(16)5-4-12(15)14(11)17/h2-6,9,18H,7-8H2,1H3. The maximum Gasteiger partial charge on any atom is 0.144 e. The number of rotatable bonds is 5. The van der Waals surface area contributed by atoms with Gasteiger partial charge in [0.1, 0.15) is 11.6 Å². The van der Waals surface area contributed by atoms with Crippen LogP contribution in [0.15, 0.2) is 34.1 Å². The third-order valence-electron chi connectivity index (χ3n) is 2.85. The zero-order chi connectivity index (χ0) is 13.8. The minimum atomic E-state index is -0.532. The lowest BCUT2D eigenvalue weighted by Gasteiger charge is -2.14. The summed E-state index contributed by atoms with van der Waals surface area (Å²) >= 11 is 4.75. The number of hydrogen-bond acceptors (Lipinski definition) is 2. The van der Waals surface area contributed by atoms with Crippen LogP contribution in [0.4, 0.5) is 8.78 Å². The molecule has 0 saturated carbocycles. The summed E-state index contributed by atoms with van der Waals surface area (Å²) in [6, 6.07) is 6.87. The second-order valence-corrected chi connectivity index (χ2v) is 6.27. The summed E-state index contributed by atoms with van der Waals surface area (Å²) in [5.41, 5.74) is 0.0763. The van der Waals surface area contributed by atoms with E-state index in [0.717, 1.165) is 6.42 Å². The minimum Gasteiger partial charge on any atom is -0.310 e. The van der Waals surface area contributed by atoms with Crippen molar-refractivity contribution in [3.05, 3.63) is 56.2 Å². The fraction of sp³-hybridized carbons (Fsp3) is 0.286. The van der Waals surface area contributed by atoms with Crippen molar-refractivity contribution in [3.8, 4) is 0 Å². The zero-order valence-corrected chi connectivity index (χ0v) is 12.8. The topological polar surface area (TPSA) is 12.0 Å². The molecule has 0 spiro atoms. The van der Waals surface area contributed by atoms with E-state index >= 15 is 0 Å². The lowest BCUT2D eigenvalue weighted by molar-refractivity contribution is 0.497. The maximum atomic E-state index is 13.8. The van der Waals surface area contributed by atoms with E-state index in [4.69, 9.17) is 0 Å². The molecule has 1 heterocycles. The van der Waals surface area contributed by atoms with Crippen LogP contribution in [0, 0.1) is 11.6 Å². The van der Waals surface area contributed by atoms with Crippen molar-refractivity contribution in [1.29, 1.82) is 0 Å². The van der Waals surface area contributed by atoms with E-state index in [1.165, 1.54) is 17.0 Å². The van der Waals surface area contributed by atoms with Gasteiger partial charge in [0, 0.05) is 23.0 Å². The minimum absolute atomic E-state index is 0.0763. The van der Waals surface area contributed by atoms with Gasteiger partial charge in [-0.15, -0.1) is 11.3 Å². The molecule has 0 bridgehead atoms. The second-order valence-electron chi connectivity index (χ2n) is 4.39. The Morgan fingerprint density at radius 1 is 1.32 bits per heavy atom. The molecule has 2 aromatic rings. The van der Waals surface area contributed by atoms with Gasteiger partial charge in [-0.05, 0) is 52.9 Å². The van der Waals surface area contributed by atoms with E-state index in [0.29, 0.717) is 0 Å². The fourth-order valence-electron chi connectivity index (χ4n) is 1.81. The summed E-state index contributed by atoms with van der Waals surface area (Å²) in [6.07, 6.45) is 0.856. The Kier molecular flexibility index (Phi) is 5.07. The van der Waals surface area contributed by atoms with Gasteiger partial charge in [-0.2, -0.15) is 0 Å². The lowest BCUT2D eigenvalue weighted by atomic mass is 10.1. The van der Waals surface area contributed by atoms with Gasteiger partial charge in [0.2, 0.25) is 0 Å². The molecular weight excluding hydrogens is 332 g/mol. The highest BCUT2D eigenvalue weighted by atomic mass is 79.9. The Morgan fingerprint density at radius 3 is 2.79 bits per heavy atom. The molecule has 1 aromatic heterocycles. The van der Waals surface area contributed by atoms with Gasteiger partial charge in [0.05, 0.1) is 4.47 Å². The normalized spacial score (nSPS) is 12.6. The third kappa shape index (κ3) is 3.84. The summed E-state index contributed by atoms with van der Waals surface area (Å²) in [7, 11) is 0. The molecule has 102 valence electrons. The molecule has 2 rings (SSSR count). The predicted octanol–water partition coefficient (Wildman–Crippen LogP) is 4.51. The summed E-state index contributed by atoms with van der Waals surface area (Å²) in [6.45, 7) is 2.19. The highest BCUT2D eigenvalue weighted by Crippen LogP contribution is 2.21. The molecule has 0 aliphatic heterocycles. The Balaban J connectivity index is 1.97. The van der Waals surface area contributed by atoms with Crippen LogP contribution in [0.5, 0.6) is 0 Å².